The van der Waals surface area contributed by atoms with Gasteiger partial charge in [0.15, 0.2) is 0 Å². The summed E-state index contributed by atoms with van der Waals surface area (Å²) in [5.41, 5.74) is 2.64. The van der Waals surface area contributed by atoms with Crippen LogP contribution in [0.5, 0.6) is 0 Å². The largest absolute Gasteiger partial charge is 0.310 e. The quantitative estimate of drug-likeness (QED) is 0.851. The van der Waals surface area contributed by atoms with E-state index in [1.807, 2.05) is 0 Å². The second kappa shape index (κ2) is 6.41. The molecule has 0 aliphatic carbocycles. The summed E-state index contributed by atoms with van der Waals surface area (Å²) in [4.78, 5) is 0. The summed E-state index contributed by atoms with van der Waals surface area (Å²) in [6, 6.07) is 7.14. The zero-order chi connectivity index (χ0) is 12.1. The maximum absolute atomic E-state index is 3.62. The monoisotopic (exact) mass is 283 g/mol. The smallest absolute Gasteiger partial charge is 0.0222 e. The van der Waals surface area contributed by atoms with E-state index in [9.17, 15) is 0 Å². The average molecular weight is 284 g/mol. The van der Waals surface area contributed by atoms with Crippen LogP contribution in [0.25, 0.3) is 0 Å². The van der Waals surface area contributed by atoms with Crippen LogP contribution in [-0.2, 0) is 6.54 Å². The van der Waals surface area contributed by atoms with Crippen LogP contribution in [0.4, 0.5) is 0 Å². The van der Waals surface area contributed by atoms with Crippen molar-refractivity contribution >= 4 is 15.9 Å². The van der Waals surface area contributed by atoms with Crippen LogP contribution in [0.3, 0.4) is 0 Å². The Morgan fingerprint density at radius 1 is 1.31 bits per heavy atom. The Morgan fingerprint density at radius 2 is 2.00 bits per heavy atom. The van der Waals surface area contributed by atoms with Crippen molar-refractivity contribution in [2.45, 2.75) is 46.7 Å². The van der Waals surface area contributed by atoms with Gasteiger partial charge in [0, 0.05) is 17.1 Å². The SMILES string of the molecule is CCC(NCc1ccc(C)cc1Br)C(C)C. The summed E-state index contributed by atoms with van der Waals surface area (Å²) in [5.74, 6) is 0.689. The Hall–Kier alpha value is -0.340. The molecule has 2 heteroatoms. The van der Waals surface area contributed by atoms with Gasteiger partial charge < -0.3 is 5.32 Å². The van der Waals surface area contributed by atoms with Crippen LogP contribution in [0.2, 0.25) is 0 Å². The minimum absolute atomic E-state index is 0.605. The molecule has 1 aromatic rings. The molecule has 0 radical (unpaired) electrons. The van der Waals surface area contributed by atoms with Crippen molar-refractivity contribution < 1.29 is 0 Å². The number of hydrogen-bond acceptors (Lipinski definition) is 1. The van der Waals surface area contributed by atoms with E-state index in [1.165, 1.54) is 22.0 Å². The van der Waals surface area contributed by atoms with E-state index >= 15 is 0 Å². The minimum atomic E-state index is 0.605. The van der Waals surface area contributed by atoms with E-state index < -0.39 is 0 Å². The lowest BCUT2D eigenvalue weighted by Crippen LogP contribution is -2.32. The molecule has 0 heterocycles. The second-order valence-corrected chi connectivity index (χ2v) is 5.59. The molecule has 0 aliphatic rings. The normalized spacial score (nSPS) is 13.1. The molecule has 0 bridgehead atoms. The van der Waals surface area contributed by atoms with Crippen molar-refractivity contribution in [2.24, 2.45) is 5.92 Å². The van der Waals surface area contributed by atoms with Crippen molar-refractivity contribution in [3.05, 3.63) is 33.8 Å². The van der Waals surface area contributed by atoms with Gasteiger partial charge in [-0.25, -0.2) is 0 Å². The molecule has 0 aromatic heterocycles. The van der Waals surface area contributed by atoms with Gasteiger partial charge in [-0.15, -0.1) is 0 Å². The first-order chi connectivity index (χ1) is 7.54. The summed E-state index contributed by atoms with van der Waals surface area (Å²) >= 11 is 3.62. The Kier molecular flexibility index (Phi) is 5.50. The molecule has 1 aromatic carbocycles. The number of benzene rings is 1. The van der Waals surface area contributed by atoms with Gasteiger partial charge >= 0.3 is 0 Å². The van der Waals surface area contributed by atoms with Crippen LogP contribution in [0, 0.1) is 12.8 Å². The summed E-state index contributed by atoms with van der Waals surface area (Å²) in [5, 5.41) is 3.62. The molecular formula is C14H22BrN. The molecule has 1 nitrogen and oxygen atoms in total. The van der Waals surface area contributed by atoms with Gasteiger partial charge in [-0.1, -0.05) is 48.8 Å². The maximum Gasteiger partial charge on any atom is 0.0222 e. The molecule has 1 N–H and O–H groups in total. The average Bonchev–Trinajstić information content (AvgIpc) is 2.21. The van der Waals surface area contributed by atoms with E-state index in [1.54, 1.807) is 0 Å². The highest BCUT2D eigenvalue weighted by Gasteiger charge is 2.10. The van der Waals surface area contributed by atoms with Crippen molar-refractivity contribution in [1.82, 2.24) is 5.32 Å². The third-order valence-corrected chi connectivity index (χ3v) is 3.75. The van der Waals surface area contributed by atoms with Gasteiger partial charge in [-0.05, 0) is 36.5 Å². The first-order valence-electron chi connectivity index (χ1n) is 6.03. The van der Waals surface area contributed by atoms with Crippen molar-refractivity contribution in [1.29, 1.82) is 0 Å². The van der Waals surface area contributed by atoms with Crippen molar-refractivity contribution in [2.75, 3.05) is 0 Å². The summed E-state index contributed by atoms with van der Waals surface area (Å²) in [6.45, 7) is 9.83. The number of halogens is 1. The minimum Gasteiger partial charge on any atom is -0.310 e. The summed E-state index contributed by atoms with van der Waals surface area (Å²) in [7, 11) is 0. The number of rotatable bonds is 5. The summed E-state index contributed by atoms with van der Waals surface area (Å²) in [6.07, 6.45) is 1.18. The molecule has 0 saturated carbocycles. The molecule has 16 heavy (non-hydrogen) atoms. The van der Waals surface area contributed by atoms with Crippen LogP contribution in [-0.4, -0.2) is 6.04 Å². The van der Waals surface area contributed by atoms with Crippen LogP contribution >= 0.6 is 15.9 Å². The Balaban J connectivity index is 2.60. The molecule has 0 spiro atoms. The van der Waals surface area contributed by atoms with Gasteiger partial charge in [0.25, 0.3) is 0 Å². The Morgan fingerprint density at radius 3 is 2.50 bits per heavy atom. The van der Waals surface area contributed by atoms with Crippen LogP contribution in [0.1, 0.15) is 38.3 Å². The molecule has 1 atom stereocenters. The maximum atomic E-state index is 3.62. The zero-order valence-corrected chi connectivity index (χ0v) is 12.3. The van der Waals surface area contributed by atoms with E-state index in [0.29, 0.717) is 12.0 Å². The molecule has 0 aliphatic heterocycles. The van der Waals surface area contributed by atoms with Crippen molar-refractivity contribution in [3.8, 4) is 0 Å². The number of hydrogen-bond donors (Lipinski definition) is 1. The van der Waals surface area contributed by atoms with Gasteiger partial charge in [-0.3, -0.25) is 0 Å². The Bertz CT molecular complexity index is 334. The van der Waals surface area contributed by atoms with Gasteiger partial charge in [0.2, 0.25) is 0 Å². The van der Waals surface area contributed by atoms with Crippen LogP contribution < -0.4 is 5.32 Å². The predicted octanol–water partition coefficient (Wildman–Crippen LogP) is 4.28. The number of nitrogens with one attached hydrogen (secondary N) is 1. The van der Waals surface area contributed by atoms with E-state index in [0.717, 1.165) is 6.54 Å². The standard InChI is InChI=1S/C14H22BrN/c1-5-14(10(2)3)16-9-12-7-6-11(4)8-13(12)15/h6-8,10,14,16H,5,9H2,1-4H3. The third kappa shape index (κ3) is 3.91. The highest BCUT2D eigenvalue weighted by molar-refractivity contribution is 9.10. The lowest BCUT2D eigenvalue weighted by Gasteiger charge is -2.21. The third-order valence-electron chi connectivity index (χ3n) is 3.01. The van der Waals surface area contributed by atoms with Crippen LogP contribution in [0.15, 0.2) is 22.7 Å². The molecule has 1 rings (SSSR count). The highest BCUT2D eigenvalue weighted by atomic mass is 79.9. The summed E-state index contributed by atoms with van der Waals surface area (Å²) < 4.78 is 1.21. The fraction of sp³-hybridized carbons (Fsp3) is 0.571. The molecule has 90 valence electrons. The highest BCUT2D eigenvalue weighted by Crippen LogP contribution is 2.18. The molecular weight excluding hydrogens is 262 g/mol. The van der Waals surface area contributed by atoms with E-state index in [-0.39, 0.29) is 0 Å². The van der Waals surface area contributed by atoms with Crippen molar-refractivity contribution in [3.63, 3.8) is 0 Å². The molecule has 0 amide bonds. The van der Waals surface area contributed by atoms with Gasteiger partial charge in [0.1, 0.15) is 0 Å². The molecule has 0 fully saturated rings. The first kappa shape index (κ1) is 13.7. The number of aryl methyl sites for hydroxylation is 1. The van der Waals surface area contributed by atoms with Gasteiger partial charge in [0.05, 0.1) is 0 Å². The first-order valence-corrected chi connectivity index (χ1v) is 6.82. The Labute approximate surface area is 108 Å². The zero-order valence-electron chi connectivity index (χ0n) is 10.7. The molecule has 1 unspecified atom stereocenters. The van der Waals surface area contributed by atoms with E-state index in [4.69, 9.17) is 0 Å². The lowest BCUT2D eigenvalue weighted by molar-refractivity contribution is 0.387. The predicted molar refractivity (Wildman–Crippen MR) is 74.6 cm³/mol. The fourth-order valence-corrected chi connectivity index (χ4v) is 2.52. The molecule has 0 saturated heterocycles. The second-order valence-electron chi connectivity index (χ2n) is 4.73. The topological polar surface area (TPSA) is 12.0 Å². The lowest BCUT2D eigenvalue weighted by atomic mass is 10.0. The van der Waals surface area contributed by atoms with E-state index in [2.05, 4.69) is 67.1 Å². The fourth-order valence-electron chi connectivity index (χ4n) is 1.89. The van der Waals surface area contributed by atoms with Gasteiger partial charge in [-0.2, -0.15) is 0 Å².